The summed E-state index contributed by atoms with van der Waals surface area (Å²) in [5.74, 6) is -0.216. The summed E-state index contributed by atoms with van der Waals surface area (Å²) in [5.41, 5.74) is 1.97. The lowest BCUT2D eigenvalue weighted by atomic mass is 10.0. The van der Waals surface area contributed by atoms with Crippen LogP contribution in [-0.2, 0) is 29.0 Å². The molecule has 0 atom stereocenters. The van der Waals surface area contributed by atoms with Gasteiger partial charge >= 0.3 is 5.97 Å². The molecule has 0 unspecified atom stereocenters. The number of esters is 1. The van der Waals surface area contributed by atoms with Crippen LogP contribution in [0.1, 0.15) is 23.6 Å². The Bertz CT molecular complexity index is 638. The van der Waals surface area contributed by atoms with E-state index in [4.69, 9.17) is 9.47 Å². The molecule has 2 aromatic carbocycles. The Morgan fingerprint density at radius 2 is 1.82 bits per heavy atom. The maximum Gasteiger partial charge on any atom is 0.310 e. The molecule has 116 valence electrons. The van der Waals surface area contributed by atoms with Crippen molar-refractivity contribution in [2.75, 3.05) is 7.11 Å². The van der Waals surface area contributed by atoms with Crippen LogP contribution in [0.4, 0.5) is 4.39 Å². The highest BCUT2D eigenvalue weighted by Gasteiger charge is 2.17. The molecule has 0 aliphatic rings. The Hall–Kier alpha value is -2.36. The first-order valence-electron chi connectivity index (χ1n) is 7.19. The predicted molar refractivity (Wildman–Crippen MR) is 82.3 cm³/mol. The van der Waals surface area contributed by atoms with Gasteiger partial charge in [-0.3, -0.25) is 4.79 Å². The van der Waals surface area contributed by atoms with Crippen LogP contribution in [0.5, 0.6) is 5.75 Å². The molecule has 2 rings (SSSR count). The van der Waals surface area contributed by atoms with Crippen LogP contribution in [0.2, 0.25) is 0 Å². The van der Waals surface area contributed by atoms with Crippen LogP contribution in [0.25, 0.3) is 0 Å². The van der Waals surface area contributed by atoms with Crippen LogP contribution in [-0.4, -0.2) is 13.1 Å². The van der Waals surface area contributed by atoms with Crippen molar-refractivity contribution in [2.24, 2.45) is 0 Å². The summed E-state index contributed by atoms with van der Waals surface area (Å²) in [6.45, 7) is 2.05. The largest absolute Gasteiger partial charge is 0.496 e. The number of carbonyl (C=O) groups is 1. The molecule has 0 bridgehead atoms. The molecule has 0 heterocycles. The molecule has 22 heavy (non-hydrogen) atoms. The standard InChI is InChI=1S/C18H19FO3/c1-3-14-15(17(21-2)10-9-16(14)19)11-18(20)22-12-13-7-5-4-6-8-13/h4-10H,3,11-12H2,1-2H3. The summed E-state index contributed by atoms with van der Waals surface area (Å²) < 4.78 is 24.3. The minimum Gasteiger partial charge on any atom is -0.496 e. The van der Waals surface area contributed by atoms with Gasteiger partial charge in [0.15, 0.2) is 0 Å². The van der Waals surface area contributed by atoms with Gasteiger partial charge in [-0.1, -0.05) is 37.3 Å². The summed E-state index contributed by atoms with van der Waals surface area (Å²) in [6.07, 6.45) is 0.487. The Balaban J connectivity index is 2.09. The van der Waals surface area contributed by atoms with Gasteiger partial charge in [0.2, 0.25) is 0 Å². The number of halogens is 1. The van der Waals surface area contributed by atoms with Gasteiger partial charge in [0, 0.05) is 5.56 Å². The van der Waals surface area contributed by atoms with Crippen molar-refractivity contribution >= 4 is 5.97 Å². The van der Waals surface area contributed by atoms with Crippen LogP contribution in [0.3, 0.4) is 0 Å². The number of methoxy groups -OCH3 is 1. The Morgan fingerprint density at radius 1 is 1.09 bits per heavy atom. The van der Waals surface area contributed by atoms with E-state index in [9.17, 15) is 9.18 Å². The third kappa shape index (κ3) is 3.85. The fourth-order valence-corrected chi connectivity index (χ4v) is 2.34. The SMILES string of the molecule is CCc1c(F)ccc(OC)c1CC(=O)OCc1ccccc1. The van der Waals surface area contributed by atoms with Gasteiger partial charge < -0.3 is 9.47 Å². The van der Waals surface area contributed by atoms with Gasteiger partial charge in [0.1, 0.15) is 18.2 Å². The van der Waals surface area contributed by atoms with Gasteiger partial charge in [0.25, 0.3) is 0 Å². The average molecular weight is 302 g/mol. The minimum atomic E-state index is -0.401. The molecule has 0 radical (unpaired) electrons. The third-order valence-corrected chi connectivity index (χ3v) is 3.47. The molecule has 0 aliphatic carbocycles. The number of ether oxygens (including phenoxy) is 2. The fourth-order valence-electron chi connectivity index (χ4n) is 2.34. The van der Waals surface area contributed by atoms with Gasteiger partial charge in [-0.05, 0) is 29.7 Å². The molecule has 0 amide bonds. The van der Waals surface area contributed by atoms with E-state index >= 15 is 0 Å². The first-order valence-corrected chi connectivity index (χ1v) is 7.19. The summed E-state index contributed by atoms with van der Waals surface area (Å²) in [7, 11) is 1.51. The van der Waals surface area contributed by atoms with Gasteiger partial charge in [-0.15, -0.1) is 0 Å². The summed E-state index contributed by atoms with van der Waals surface area (Å²) in [6, 6.07) is 12.3. The van der Waals surface area contributed by atoms with Crippen LogP contribution >= 0.6 is 0 Å². The minimum absolute atomic E-state index is 0.00304. The first-order chi connectivity index (χ1) is 10.7. The van der Waals surface area contributed by atoms with E-state index in [-0.39, 0.29) is 18.8 Å². The van der Waals surface area contributed by atoms with Crippen molar-refractivity contribution in [3.05, 3.63) is 65.0 Å². The Morgan fingerprint density at radius 3 is 2.45 bits per heavy atom. The second-order valence-electron chi connectivity index (χ2n) is 4.88. The molecule has 0 spiro atoms. The van der Waals surface area contributed by atoms with E-state index < -0.39 is 5.97 Å². The van der Waals surface area contributed by atoms with Crippen LogP contribution in [0.15, 0.2) is 42.5 Å². The van der Waals surface area contributed by atoms with E-state index in [1.807, 2.05) is 37.3 Å². The van der Waals surface area contributed by atoms with Crippen molar-refractivity contribution in [2.45, 2.75) is 26.4 Å². The summed E-state index contributed by atoms with van der Waals surface area (Å²) >= 11 is 0. The number of benzene rings is 2. The zero-order valence-corrected chi connectivity index (χ0v) is 12.8. The molecule has 0 saturated carbocycles. The molecule has 3 nitrogen and oxygen atoms in total. The molecular formula is C18H19FO3. The van der Waals surface area contributed by atoms with Crippen molar-refractivity contribution < 1.29 is 18.7 Å². The van der Waals surface area contributed by atoms with Gasteiger partial charge in [-0.2, -0.15) is 0 Å². The lowest BCUT2D eigenvalue weighted by Gasteiger charge is -2.13. The van der Waals surface area contributed by atoms with Crippen molar-refractivity contribution in [3.8, 4) is 5.75 Å². The number of hydrogen-bond acceptors (Lipinski definition) is 3. The van der Waals surface area contributed by atoms with E-state index in [2.05, 4.69) is 0 Å². The lowest BCUT2D eigenvalue weighted by Crippen LogP contribution is -2.11. The zero-order valence-electron chi connectivity index (χ0n) is 12.8. The van der Waals surface area contributed by atoms with E-state index in [0.717, 1.165) is 5.56 Å². The highest BCUT2D eigenvalue weighted by atomic mass is 19.1. The van der Waals surface area contributed by atoms with Gasteiger partial charge in [-0.25, -0.2) is 4.39 Å². The third-order valence-electron chi connectivity index (χ3n) is 3.47. The van der Waals surface area contributed by atoms with E-state index in [0.29, 0.717) is 23.3 Å². The van der Waals surface area contributed by atoms with E-state index in [1.54, 1.807) is 0 Å². The second-order valence-corrected chi connectivity index (χ2v) is 4.88. The molecule has 2 aromatic rings. The molecule has 0 aliphatic heterocycles. The van der Waals surface area contributed by atoms with E-state index in [1.165, 1.54) is 19.2 Å². The highest BCUT2D eigenvalue weighted by molar-refractivity contribution is 5.74. The number of rotatable bonds is 6. The summed E-state index contributed by atoms with van der Waals surface area (Å²) in [5, 5.41) is 0. The molecule has 0 aromatic heterocycles. The molecule has 0 saturated heterocycles. The zero-order chi connectivity index (χ0) is 15.9. The first kappa shape index (κ1) is 16.0. The normalized spacial score (nSPS) is 10.3. The maximum absolute atomic E-state index is 13.9. The van der Waals surface area contributed by atoms with Crippen LogP contribution in [0, 0.1) is 5.82 Å². The fraction of sp³-hybridized carbons (Fsp3) is 0.278. The average Bonchev–Trinajstić information content (AvgIpc) is 2.54. The molecule has 0 fully saturated rings. The van der Waals surface area contributed by atoms with Crippen molar-refractivity contribution in [1.82, 2.24) is 0 Å². The predicted octanol–water partition coefficient (Wildman–Crippen LogP) is 3.68. The molecule has 4 heteroatoms. The van der Waals surface area contributed by atoms with Gasteiger partial charge in [0.05, 0.1) is 13.5 Å². The number of carbonyl (C=O) groups excluding carboxylic acids is 1. The smallest absolute Gasteiger partial charge is 0.310 e. The lowest BCUT2D eigenvalue weighted by molar-refractivity contribution is -0.144. The molecule has 0 N–H and O–H groups in total. The summed E-state index contributed by atoms with van der Waals surface area (Å²) in [4.78, 5) is 12.0. The Labute approximate surface area is 129 Å². The maximum atomic E-state index is 13.9. The van der Waals surface area contributed by atoms with Crippen LogP contribution < -0.4 is 4.74 Å². The van der Waals surface area contributed by atoms with Crippen molar-refractivity contribution in [3.63, 3.8) is 0 Å². The monoisotopic (exact) mass is 302 g/mol. The quantitative estimate of drug-likeness (QED) is 0.764. The number of hydrogen-bond donors (Lipinski definition) is 0. The topological polar surface area (TPSA) is 35.5 Å². The highest BCUT2D eigenvalue weighted by Crippen LogP contribution is 2.26. The second kappa shape index (κ2) is 7.59. The molecular weight excluding hydrogens is 283 g/mol. The van der Waals surface area contributed by atoms with Crippen molar-refractivity contribution in [1.29, 1.82) is 0 Å². The Kier molecular flexibility index (Phi) is 5.53.